The Morgan fingerprint density at radius 1 is 1.50 bits per heavy atom. The third kappa shape index (κ3) is 2.01. The van der Waals surface area contributed by atoms with E-state index in [1.165, 1.54) is 5.57 Å². The number of hydrogen-bond acceptors (Lipinski definition) is 2. The first-order chi connectivity index (χ1) is 5.79. The highest BCUT2D eigenvalue weighted by atomic mass is 16.5. The second-order valence-electron chi connectivity index (χ2n) is 3.97. The van der Waals surface area contributed by atoms with Gasteiger partial charge in [0.15, 0.2) is 0 Å². The fraction of sp³-hybridized carbons (Fsp3) is 0.800. The third-order valence-corrected chi connectivity index (χ3v) is 2.75. The molecule has 0 aromatic rings. The Balaban J connectivity index is 1.75. The lowest BCUT2D eigenvalue weighted by molar-refractivity contribution is 0.138. The van der Waals surface area contributed by atoms with Gasteiger partial charge in [0.1, 0.15) is 0 Å². The van der Waals surface area contributed by atoms with Gasteiger partial charge in [-0.15, -0.1) is 0 Å². The molecule has 1 heterocycles. The molecule has 1 saturated carbocycles. The summed E-state index contributed by atoms with van der Waals surface area (Å²) in [5.41, 5.74) is 1.08. The molecule has 0 amide bonds. The van der Waals surface area contributed by atoms with Gasteiger partial charge in [-0.1, -0.05) is 0 Å². The van der Waals surface area contributed by atoms with Crippen LogP contribution in [0.5, 0.6) is 0 Å². The van der Waals surface area contributed by atoms with Crippen LogP contribution in [-0.4, -0.2) is 17.3 Å². The topological polar surface area (TPSA) is 29.5 Å². The molecule has 0 radical (unpaired) electrons. The van der Waals surface area contributed by atoms with Gasteiger partial charge in [0.25, 0.3) is 0 Å². The van der Waals surface area contributed by atoms with E-state index in [0.717, 1.165) is 45.1 Å². The monoisotopic (exact) mass is 168 g/mol. The lowest BCUT2D eigenvalue weighted by atomic mass is 10.0. The van der Waals surface area contributed by atoms with E-state index in [1.54, 1.807) is 0 Å². The summed E-state index contributed by atoms with van der Waals surface area (Å²) in [6, 6.07) is 0. The van der Waals surface area contributed by atoms with Crippen molar-refractivity contribution in [1.82, 2.24) is 0 Å². The molecule has 2 heteroatoms. The second kappa shape index (κ2) is 3.09. The van der Waals surface area contributed by atoms with E-state index in [-0.39, 0.29) is 5.60 Å². The van der Waals surface area contributed by atoms with Crippen LogP contribution in [0.2, 0.25) is 0 Å². The molecule has 1 aliphatic carbocycles. The summed E-state index contributed by atoms with van der Waals surface area (Å²) in [6.45, 7) is 0.869. The van der Waals surface area contributed by atoms with E-state index in [1.807, 2.05) is 6.26 Å². The Bertz CT molecular complexity index is 192. The summed E-state index contributed by atoms with van der Waals surface area (Å²) in [4.78, 5) is 0. The molecule has 12 heavy (non-hydrogen) atoms. The molecule has 0 atom stereocenters. The van der Waals surface area contributed by atoms with Crippen molar-refractivity contribution < 1.29 is 9.84 Å². The van der Waals surface area contributed by atoms with Gasteiger partial charge in [-0.25, -0.2) is 0 Å². The zero-order valence-electron chi connectivity index (χ0n) is 7.38. The molecule has 68 valence electrons. The molecule has 2 rings (SSSR count). The number of hydrogen-bond donors (Lipinski definition) is 1. The van der Waals surface area contributed by atoms with Gasteiger partial charge in [0.05, 0.1) is 18.5 Å². The van der Waals surface area contributed by atoms with Crippen molar-refractivity contribution in [3.05, 3.63) is 11.8 Å². The summed E-state index contributed by atoms with van der Waals surface area (Å²) in [6.07, 6.45) is 8.15. The molecule has 0 aromatic heterocycles. The average molecular weight is 168 g/mol. The summed E-state index contributed by atoms with van der Waals surface area (Å²) >= 11 is 0. The predicted octanol–water partition coefficient (Wildman–Crippen LogP) is 1.99. The number of aliphatic hydroxyl groups is 1. The Kier molecular flexibility index (Phi) is 2.09. The van der Waals surface area contributed by atoms with Crippen LogP contribution in [0.25, 0.3) is 0 Å². The van der Waals surface area contributed by atoms with Crippen molar-refractivity contribution in [2.45, 2.75) is 44.1 Å². The van der Waals surface area contributed by atoms with Gasteiger partial charge in [-0.05, 0) is 44.1 Å². The predicted molar refractivity (Wildman–Crippen MR) is 46.7 cm³/mol. The van der Waals surface area contributed by atoms with Crippen molar-refractivity contribution in [2.24, 2.45) is 0 Å². The van der Waals surface area contributed by atoms with E-state index in [2.05, 4.69) is 0 Å². The molecule has 1 N–H and O–H groups in total. The van der Waals surface area contributed by atoms with Crippen molar-refractivity contribution in [1.29, 1.82) is 0 Å². The lowest BCUT2D eigenvalue weighted by Gasteiger charge is -2.14. The molecule has 0 unspecified atom stereocenters. The van der Waals surface area contributed by atoms with Crippen LogP contribution in [0.4, 0.5) is 0 Å². The van der Waals surface area contributed by atoms with Gasteiger partial charge < -0.3 is 9.84 Å². The Morgan fingerprint density at radius 2 is 2.33 bits per heavy atom. The van der Waals surface area contributed by atoms with Gasteiger partial charge in [-0.3, -0.25) is 0 Å². The first-order valence-electron chi connectivity index (χ1n) is 4.80. The molecular formula is C10H16O2. The first-order valence-corrected chi connectivity index (χ1v) is 4.80. The molecule has 1 aliphatic heterocycles. The third-order valence-electron chi connectivity index (χ3n) is 2.75. The summed E-state index contributed by atoms with van der Waals surface area (Å²) in [5, 5.41) is 9.59. The fourth-order valence-electron chi connectivity index (χ4n) is 1.59. The van der Waals surface area contributed by atoms with Crippen LogP contribution in [0.15, 0.2) is 11.8 Å². The number of allylic oxidation sites excluding steroid dienone is 1. The molecule has 1 fully saturated rings. The van der Waals surface area contributed by atoms with Crippen LogP contribution < -0.4 is 0 Å². The van der Waals surface area contributed by atoms with Gasteiger partial charge in [-0.2, -0.15) is 0 Å². The zero-order chi connectivity index (χ0) is 8.44. The first kappa shape index (κ1) is 8.11. The Labute approximate surface area is 73.2 Å². The van der Waals surface area contributed by atoms with E-state index < -0.39 is 0 Å². The van der Waals surface area contributed by atoms with Crippen molar-refractivity contribution in [2.75, 3.05) is 6.61 Å². The smallest absolute Gasteiger partial charge is 0.0876 e. The van der Waals surface area contributed by atoms with E-state index >= 15 is 0 Å². The summed E-state index contributed by atoms with van der Waals surface area (Å²) in [5.74, 6) is 0. The second-order valence-corrected chi connectivity index (χ2v) is 3.97. The maximum Gasteiger partial charge on any atom is 0.0876 e. The van der Waals surface area contributed by atoms with Crippen LogP contribution in [-0.2, 0) is 4.74 Å². The minimum Gasteiger partial charge on any atom is -0.501 e. The summed E-state index contributed by atoms with van der Waals surface area (Å²) < 4.78 is 5.22. The molecule has 0 spiro atoms. The molecule has 2 aliphatic rings. The highest BCUT2D eigenvalue weighted by molar-refractivity contribution is 5.04. The highest BCUT2D eigenvalue weighted by Crippen LogP contribution is 2.40. The summed E-state index contributed by atoms with van der Waals surface area (Å²) in [7, 11) is 0. The average Bonchev–Trinajstić information content (AvgIpc) is 2.84. The molecule has 0 bridgehead atoms. The molecule has 0 aromatic carbocycles. The lowest BCUT2D eigenvalue weighted by Crippen LogP contribution is -2.08. The van der Waals surface area contributed by atoms with Crippen molar-refractivity contribution in [3.63, 3.8) is 0 Å². The van der Waals surface area contributed by atoms with Gasteiger partial charge in [0, 0.05) is 0 Å². The van der Waals surface area contributed by atoms with Crippen LogP contribution in [0, 0.1) is 0 Å². The van der Waals surface area contributed by atoms with Crippen LogP contribution >= 0.6 is 0 Å². The largest absolute Gasteiger partial charge is 0.501 e. The standard InChI is InChI=1S/C10H16O2/c11-10(5-6-10)4-3-9-2-1-7-12-8-9/h8,11H,1-7H2. The molecular weight excluding hydrogens is 152 g/mol. The normalized spacial score (nSPS) is 25.9. The highest BCUT2D eigenvalue weighted by Gasteiger charge is 2.39. The minimum absolute atomic E-state index is 0.293. The minimum atomic E-state index is -0.293. The Hall–Kier alpha value is -0.500. The quantitative estimate of drug-likeness (QED) is 0.698. The van der Waals surface area contributed by atoms with Gasteiger partial charge in [0.2, 0.25) is 0 Å². The van der Waals surface area contributed by atoms with E-state index in [0.29, 0.717) is 0 Å². The number of ether oxygens (including phenoxy) is 1. The molecule has 2 nitrogen and oxygen atoms in total. The van der Waals surface area contributed by atoms with Crippen molar-refractivity contribution >= 4 is 0 Å². The maximum absolute atomic E-state index is 9.59. The Morgan fingerprint density at radius 3 is 2.92 bits per heavy atom. The van der Waals surface area contributed by atoms with E-state index in [9.17, 15) is 5.11 Å². The number of rotatable bonds is 3. The van der Waals surface area contributed by atoms with Crippen molar-refractivity contribution in [3.8, 4) is 0 Å². The maximum atomic E-state index is 9.59. The SMILES string of the molecule is OC1(CCC2=COCCC2)CC1. The van der Waals surface area contributed by atoms with Gasteiger partial charge >= 0.3 is 0 Å². The van der Waals surface area contributed by atoms with E-state index in [4.69, 9.17) is 4.74 Å². The zero-order valence-corrected chi connectivity index (χ0v) is 7.38. The van der Waals surface area contributed by atoms with Crippen LogP contribution in [0.1, 0.15) is 38.5 Å². The molecule has 0 saturated heterocycles. The van der Waals surface area contributed by atoms with Crippen LogP contribution in [0.3, 0.4) is 0 Å². The fourth-order valence-corrected chi connectivity index (χ4v) is 1.59.